The van der Waals surface area contributed by atoms with E-state index in [1.165, 1.54) is 10.6 Å². The van der Waals surface area contributed by atoms with Crippen LogP contribution < -0.4 is 5.32 Å². The normalized spacial score (nSPS) is 20.6. The minimum atomic E-state index is -1.09. The number of hydrogen-bond acceptors (Lipinski definition) is 10. The predicted octanol–water partition coefficient (Wildman–Crippen LogP) is 9.00. The van der Waals surface area contributed by atoms with Crippen LogP contribution >= 0.6 is 15.9 Å². The third kappa shape index (κ3) is 10.3. The van der Waals surface area contributed by atoms with E-state index in [0.29, 0.717) is 32.4 Å². The zero-order valence-electron chi connectivity index (χ0n) is 36.6. The van der Waals surface area contributed by atoms with Crippen molar-refractivity contribution in [3.8, 4) is 11.3 Å². The Morgan fingerprint density at radius 3 is 2.39 bits per heavy atom. The fraction of sp³-hybridized carbons (Fsp3) is 0.600. The number of carbonyl (C=O) groups is 3. The lowest BCUT2D eigenvalue weighted by Crippen LogP contribution is -2.61. The molecule has 1 N–H and O–H groups in total. The van der Waals surface area contributed by atoms with Crippen molar-refractivity contribution in [3.63, 3.8) is 0 Å². The van der Waals surface area contributed by atoms with Crippen molar-refractivity contribution in [3.05, 3.63) is 57.8 Å². The van der Waals surface area contributed by atoms with Gasteiger partial charge in [-0.3, -0.25) is 4.98 Å². The van der Waals surface area contributed by atoms with Crippen LogP contribution in [-0.2, 0) is 41.4 Å². The number of aryl methyl sites for hydroxylation is 1. The van der Waals surface area contributed by atoms with Crippen LogP contribution in [0.2, 0.25) is 0 Å². The number of hydrogen-bond donors (Lipinski definition) is 1. The minimum Gasteiger partial charge on any atom is -0.464 e. The molecule has 0 saturated carbocycles. The number of halogens is 1. The van der Waals surface area contributed by atoms with Crippen molar-refractivity contribution in [1.82, 2.24) is 24.9 Å². The SMILES string of the molecule is CCn1c(-c2cc(C3=CC4COC(CN4)C3)cnc2[C@H](C)OC)c(CC(C)(C)COC(=O)[C@@H]2CCCN(C(=O)OC(C)(C)C)N2C(=O)OC(C)(C)C)c2cc(Br)ccc21. The van der Waals surface area contributed by atoms with E-state index in [1.54, 1.807) is 48.7 Å². The van der Waals surface area contributed by atoms with E-state index in [2.05, 4.69) is 76.9 Å². The monoisotopic (exact) mass is 879 g/mol. The van der Waals surface area contributed by atoms with Crippen molar-refractivity contribution < 1.29 is 38.1 Å². The molecule has 0 spiro atoms. The molecule has 2 aromatic heterocycles. The van der Waals surface area contributed by atoms with Gasteiger partial charge in [0.2, 0.25) is 0 Å². The molecule has 6 heterocycles. The number of ether oxygens (including phenoxy) is 5. The number of hydrazine groups is 1. The molecule has 2 bridgehead atoms. The summed E-state index contributed by atoms with van der Waals surface area (Å²) in [6.07, 6.45) is 4.59. The van der Waals surface area contributed by atoms with Gasteiger partial charge in [0.25, 0.3) is 0 Å². The molecule has 4 aliphatic heterocycles. The molecule has 13 nitrogen and oxygen atoms in total. The van der Waals surface area contributed by atoms with Gasteiger partial charge in [-0.05, 0) is 116 Å². The highest BCUT2D eigenvalue weighted by Gasteiger charge is 2.44. The van der Waals surface area contributed by atoms with E-state index >= 15 is 0 Å². The number of morpholine rings is 1. The quantitative estimate of drug-likeness (QED) is 0.155. The Hall–Kier alpha value is -3.98. The van der Waals surface area contributed by atoms with Crippen LogP contribution in [0.1, 0.15) is 111 Å². The van der Waals surface area contributed by atoms with Gasteiger partial charge in [-0.25, -0.2) is 19.4 Å². The van der Waals surface area contributed by atoms with Gasteiger partial charge in [-0.2, -0.15) is 5.01 Å². The molecule has 7 rings (SSSR count). The molecule has 4 aliphatic rings. The molecule has 14 heteroatoms. The second-order valence-corrected chi connectivity index (χ2v) is 19.6. The number of aromatic nitrogens is 2. The summed E-state index contributed by atoms with van der Waals surface area (Å²) in [4.78, 5) is 46.3. The van der Waals surface area contributed by atoms with Crippen LogP contribution in [0.25, 0.3) is 27.7 Å². The van der Waals surface area contributed by atoms with Gasteiger partial charge in [0, 0.05) is 71.8 Å². The Kier molecular flexibility index (Phi) is 13.3. The van der Waals surface area contributed by atoms with Gasteiger partial charge in [0.1, 0.15) is 11.2 Å². The van der Waals surface area contributed by atoms with Gasteiger partial charge in [-0.1, -0.05) is 35.9 Å². The molecule has 59 heavy (non-hydrogen) atoms. The van der Waals surface area contributed by atoms with E-state index in [4.69, 9.17) is 28.7 Å². The van der Waals surface area contributed by atoms with Crippen LogP contribution in [0, 0.1) is 5.41 Å². The summed E-state index contributed by atoms with van der Waals surface area (Å²) in [6.45, 7) is 21.2. The fourth-order valence-corrected chi connectivity index (χ4v) is 8.47. The predicted molar refractivity (Wildman–Crippen MR) is 231 cm³/mol. The molecule has 0 aliphatic carbocycles. The largest absolute Gasteiger partial charge is 0.464 e. The summed E-state index contributed by atoms with van der Waals surface area (Å²) < 4.78 is 32.8. The Labute approximate surface area is 357 Å². The molecule has 4 atom stereocenters. The topological polar surface area (TPSA) is 134 Å². The Bertz CT molecular complexity index is 2070. The molecule has 322 valence electrons. The maximum absolute atomic E-state index is 14.1. The van der Waals surface area contributed by atoms with Crippen LogP contribution in [0.15, 0.2) is 41.0 Å². The number of benzene rings is 1. The van der Waals surface area contributed by atoms with E-state index in [0.717, 1.165) is 61.4 Å². The minimum absolute atomic E-state index is 0.0471. The number of carbonyl (C=O) groups excluding carboxylic acids is 3. The average Bonchev–Trinajstić information content (AvgIpc) is 3.30. The van der Waals surface area contributed by atoms with E-state index in [1.807, 2.05) is 13.1 Å². The highest BCUT2D eigenvalue weighted by Crippen LogP contribution is 2.43. The number of esters is 1. The summed E-state index contributed by atoms with van der Waals surface area (Å²) in [7, 11) is 1.70. The molecular weight excluding hydrogens is 818 g/mol. The first-order chi connectivity index (χ1) is 27.7. The van der Waals surface area contributed by atoms with E-state index in [9.17, 15) is 14.4 Å². The number of fused-ring (bicyclic) bond motifs is 4. The molecule has 3 aromatic rings. The highest BCUT2D eigenvalue weighted by molar-refractivity contribution is 9.10. The van der Waals surface area contributed by atoms with Crippen molar-refractivity contribution in [2.24, 2.45) is 5.41 Å². The first kappa shape index (κ1) is 44.6. The molecule has 2 saturated heterocycles. The first-order valence-corrected chi connectivity index (χ1v) is 21.6. The van der Waals surface area contributed by atoms with Crippen molar-refractivity contribution in [2.75, 3.05) is 33.4 Å². The Morgan fingerprint density at radius 2 is 1.75 bits per heavy atom. The van der Waals surface area contributed by atoms with Gasteiger partial charge < -0.3 is 33.6 Å². The molecule has 2 amide bonds. The summed E-state index contributed by atoms with van der Waals surface area (Å²) in [5.41, 5.74) is 5.01. The summed E-state index contributed by atoms with van der Waals surface area (Å²) in [6, 6.07) is 7.66. The smallest absolute Gasteiger partial charge is 0.430 e. The lowest BCUT2D eigenvalue weighted by atomic mass is 9.84. The maximum Gasteiger partial charge on any atom is 0.430 e. The lowest BCUT2D eigenvalue weighted by Gasteiger charge is -2.43. The number of pyridine rings is 1. The molecule has 1 aromatic carbocycles. The molecular formula is C45H62BrN5O8. The third-order valence-electron chi connectivity index (χ3n) is 10.8. The lowest BCUT2D eigenvalue weighted by molar-refractivity contribution is -0.164. The van der Waals surface area contributed by atoms with Crippen LogP contribution in [0.5, 0.6) is 0 Å². The zero-order valence-corrected chi connectivity index (χ0v) is 38.2. The number of amides is 2. The molecule has 2 unspecified atom stereocenters. The number of nitrogens with one attached hydrogen (secondary N) is 1. The van der Waals surface area contributed by atoms with Crippen LogP contribution in [0.3, 0.4) is 0 Å². The van der Waals surface area contributed by atoms with Gasteiger partial charge in [0.15, 0.2) is 6.04 Å². The van der Waals surface area contributed by atoms with Crippen molar-refractivity contribution in [1.29, 1.82) is 0 Å². The third-order valence-corrected chi connectivity index (χ3v) is 11.3. The zero-order chi connectivity index (χ0) is 43.0. The Balaban J connectivity index is 1.36. The number of methoxy groups -OCH3 is 1. The number of nitrogens with zero attached hydrogens (tertiary/aromatic N) is 4. The molecule has 0 radical (unpaired) electrons. The second-order valence-electron chi connectivity index (χ2n) is 18.7. The fourth-order valence-electron chi connectivity index (χ4n) is 8.11. The van der Waals surface area contributed by atoms with Crippen molar-refractivity contribution >= 4 is 50.6 Å². The first-order valence-electron chi connectivity index (χ1n) is 20.8. The standard InChI is InChI=1S/C45H62BrN5O8/c1-12-49-36-16-15-30(46)21-33(36)35(39(49)34-20-29(23-48-38(34)27(2)55-11)28-18-31-25-56-32(19-28)24-47-31)22-45(9,10)26-57-40(52)37-14-13-17-50(41(53)58-43(3,4)5)51(37)42(54)59-44(6,7)8/h15-16,18,20-21,23,27,31-32,37,47H,12-14,17,19,22,24-26H2,1-11H3/t27-,31?,32?,37-/m0/s1. The van der Waals surface area contributed by atoms with E-state index in [-0.39, 0.29) is 31.4 Å². The summed E-state index contributed by atoms with van der Waals surface area (Å²) in [5.74, 6) is -0.617. The Morgan fingerprint density at radius 1 is 1.03 bits per heavy atom. The average molecular weight is 881 g/mol. The maximum atomic E-state index is 14.1. The van der Waals surface area contributed by atoms with Gasteiger partial charge in [-0.15, -0.1) is 0 Å². The van der Waals surface area contributed by atoms with Crippen LogP contribution in [-0.4, -0.2) is 101 Å². The van der Waals surface area contributed by atoms with E-state index < -0.39 is 40.8 Å². The highest BCUT2D eigenvalue weighted by atomic mass is 79.9. The van der Waals surface area contributed by atoms with Gasteiger partial charge in [0.05, 0.1) is 36.8 Å². The molecule has 2 fully saturated rings. The van der Waals surface area contributed by atoms with Crippen molar-refractivity contribution in [2.45, 2.75) is 137 Å². The summed E-state index contributed by atoms with van der Waals surface area (Å²) in [5, 5.41) is 6.91. The van der Waals surface area contributed by atoms with Gasteiger partial charge >= 0.3 is 18.2 Å². The van der Waals surface area contributed by atoms with Crippen LogP contribution in [0.4, 0.5) is 9.59 Å². The summed E-state index contributed by atoms with van der Waals surface area (Å²) >= 11 is 3.74. The second kappa shape index (κ2) is 17.6. The number of rotatable bonds is 10.